The molecule has 138 valence electrons. The van der Waals surface area contributed by atoms with Gasteiger partial charge in [0.05, 0.1) is 6.10 Å². The highest BCUT2D eigenvalue weighted by atomic mass is 16.3. The van der Waals surface area contributed by atoms with E-state index in [4.69, 9.17) is 0 Å². The molecule has 0 spiro atoms. The summed E-state index contributed by atoms with van der Waals surface area (Å²) >= 11 is 0. The Balaban J connectivity index is 1.42. The summed E-state index contributed by atoms with van der Waals surface area (Å²) in [5, 5.41) is 19.8. The van der Waals surface area contributed by atoms with Gasteiger partial charge in [0, 0.05) is 19.5 Å². The number of rotatable bonds is 6. The molecular formula is C22H27NO3. The lowest BCUT2D eigenvalue weighted by Crippen LogP contribution is -2.41. The zero-order valence-electron chi connectivity index (χ0n) is 15.1. The van der Waals surface area contributed by atoms with Crippen LogP contribution in [0.5, 0.6) is 5.75 Å². The van der Waals surface area contributed by atoms with Crippen LogP contribution < -0.4 is 0 Å². The average Bonchev–Trinajstić information content (AvgIpc) is 2.68. The molecular weight excluding hydrogens is 326 g/mol. The highest BCUT2D eigenvalue weighted by Crippen LogP contribution is 2.24. The van der Waals surface area contributed by atoms with Crippen LogP contribution in [0.25, 0.3) is 0 Å². The number of aromatic hydroxyl groups is 1. The van der Waals surface area contributed by atoms with Crippen molar-refractivity contribution in [2.24, 2.45) is 5.92 Å². The molecule has 1 fully saturated rings. The fourth-order valence-electron chi connectivity index (χ4n) is 3.63. The molecule has 4 heteroatoms. The topological polar surface area (TPSA) is 60.8 Å². The average molecular weight is 353 g/mol. The third kappa shape index (κ3) is 5.09. The fraction of sp³-hybridized carbons (Fsp3) is 0.409. The number of phenolic OH excluding ortho intramolecular Hbond substituents is 1. The van der Waals surface area contributed by atoms with Gasteiger partial charge in [-0.3, -0.25) is 4.79 Å². The molecule has 2 aromatic rings. The maximum Gasteiger partial charge on any atom is 0.222 e. The van der Waals surface area contributed by atoms with Gasteiger partial charge in [-0.15, -0.1) is 0 Å². The second kappa shape index (κ2) is 8.86. The summed E-state index contributed by atoms with van der Waals surface area (Å²) in [5.41, 5.74) is 2.22. The van der Waals surface area contributed by atoms with Gasteiger partial charge >= 0.3 is 0 Å². The predicted octanol–water partition coefficient (Wildman–Crippen LogP) is 3.17. The fourth-order valence-corrected chi connectivity index (χ4v) is 3.63. The first-order valence-electron chi connectivity index (χ1n) is 9.39. The summed E-state index contributed by atoms with van der Waals surface area (Å²) in [6.07, 6.45) is 3.24. The number of piperidine rings is 1. The molecule has 1 aliphatic rings. The highest BCUT2D eigenvalue weighted by molar-refractivity contribution is 5.76. The minimum absolute atomic E-state index is 0.175. The zero-order chi connectivity index (χ0) is 18.4. The number of amides is 1. The van der Waals surface area contributed by atoms with Crippen LogP contribution in [0.1, 0.15) is 30.4 Å². The third-order valence-corrected chi connectivity index (χ3v) is 5.29. The molecule has 1 heterocycles. The molecule has 0 radical (unpaired) electrons. The first kappa shape index (κ1) is 18.5. The van der Waals surface area contributed by atoms with Gasteiger partial charge in [-0.1, -0.05) is 42.5 Å². The van der Waals surface area contributed by atoms with E-state index in [1.807, 2.05) is 47.4 Å². The number of carbonyl (C=O) groups is 1. The smallest absolute Gasteiger partial charge is 0.222 e. The van der Waals surface area contributed by atoms with Crippen molar-refractivity contribution in [2.75, 3.05) is 13.1 Å². The molecule has 1 amide bonds. The molecule has 2 N–H and O–H groups in total. The van der Waals surface area contributed by atoms with Gasteiger partial charge in [-0.2, -0.15) is 0 Å². The summed E-state index contributed by atoms with van der Waals surface area (Å²) in [6.45, 7) is 1.45. The minimum atomic E-state index is -0.341. The van der Waals surface area contributed by atoms with Crippen molar-refractivity contribution >= 4 is 5.91 Å². The summed E-state index contributed by atoms with van der Waals surface area (Å²) in [7, 11) is 0. The summed E-state index contributed by atoms with van der Waals surface area (Å²) < 4.78 is 0. The number of aliphatic hydroxyl groups excluding tert-OH is 1. The number of phenols is 1. The zero-order valence-corrected chi connectivity index (χ0v) is 15.1. The molecule has 2 aromatic carbocycles. The number of hydrogen-bond donors (Lipinski definition) is 2. The first-order chi connectivity index (χ1) is 12.6. The standard InChI is InChI=1S/C22H27NO3/c24-20-9-6-17(7-10-20)8-11-22(26)23-14-12-19(13-15-23)21(25)16-18-4-2-1-3-5-18/h1-7,9-10,19,21,24-25H,8,11-16H2/t21-/m1/s1. The van der Waals surface area contributed by atoms with Crippen molar-refractivity contribution in [3.63, 3.8) is 0 Å². The van der Waals surface area contributed by atoms with Crippen LogP contribution in [0.3, 0.4) is 0 Å². The van der Waals surface area contributed by atoms with Crippen molar-refractivity contribution in [3.05, 3.63) is 65.7 Å². The second-order valence-electron chi connectivity index (χ2n) is 7.14. The van der Waals surface area contributed by atoms with Crippen molar-refractivity contribution in [3.8, 4) is 5.75 Å². The van der Waals surface area contributed by atoms with Gasteiger partial charge in [0.2, 0.25) is 5.91 Å². The predicted molar refractivity (Wildman–Crippen MR) is 102 cm³/mol. The van der Waals surface area contributed by atoms with Crippen LogP contribution in [0.15, 0.2) is 54.6 Å². The van der Waals surface area contributed by atoms with Gasteiger partial charge < -0.3 is 15.1 Å². The van der Waals surface area contributed by atoms with E-state index >= 15 is 0 Å². The van der Waals surface area contributed by atoms with Gasteiger partial charge in [0.15, 0.2) is 0 Å². The van der Waals surface area contributed by atoms with Crippen molar-refractivity contribution in [1.82, 2.24) is 4.90 Å². The Morgan fingerprint density at radius 2 is 1.65 bits per heavy atom. The van der Waals surface area contributed by atoms with Crippen molar-refractivity contribution < 1.29 is 15.0 Å². The van der Waals surface area contributed by atoms with Crippen molar-refractivity contribution in [2.45, 2.75) is 38.2 Å². The maximum absolute atomic E-state index is 12.4. The Labute approximate surface area is 155 Å². The normalized spacial score (nSPS) is 16.4. The Hall–Kier alpha value is -2.33. The lowest BCUT2D eigenvalue weighted by molar-refractivity contribution is -0.133. The maximum atomic E-state index is 12.4. The summed E-state index contributed by atoms with van der Waals surface area (Å²) in [4.78, 5) is 14.3. The first-order valence-corrected chi connectivity index (χ1v) is 9.39. The van der Waals surface area contributed by atoms with Gasteiger partial charge in [0.1, 0.15) is 5.75 Å². The Morgan fingerprint density at radius 1 is 1.00 bits per heavy atom. The number of benzene rings is 2. The van der Waals surface area contributed by atoms with E-state index in [1.54, 1.807) is 12.1 Å². The van der Waals surface area contributed by atoms with Crippen LogP contribution >= 0.6 is 0 Å². The Bertz CT molecular complexity index is 691. The van der Waals surface area contributed by atoms with Gasteiger partial charge in [-0.05, 0) is 54.9 Å². The molecule has 0 unspecified atom stereocenters. The molecule has 1 atom stereocenters. The molecule has 1 saturated heterocycles. The monoisotopic (exact) mass is 353 g/mol. The molecule has 0 aromatic heterocycles. The number of hydrogen-bond acceptors (Lipinski definition) is 3. The van der Waals surface area contributed by atoms with Crippen LogP contribution in [-0.4, -0.2) is 40.2 Å². The van der Waals surface area contributed by atoms with E-state index in [2.05, 4.69) is 0 Å². The quantitative estimate of drug-likeness (QED) is 0.839. The number of likely N-dealkylation sites (tertiary alicyclic amines) is 1. The van der Waals surface area contributed by atoms with Crippen molar-refractivity contribution in [1.29, 1.82) is 0 Å². The molecule has 0 saturated carbocycles. The number of aryl methyl sites for hydroxylation is 1. The molecule has 3 rings (SSSR count). The second-order valence-corrected chi connectivity index (χ2v) is 7.14. The van der Waals surface area contributed by atoms with E-state index in [0.717, 1.165) is 37.1 Å². The third-order valence-electron chi connectivity index (χ3n) is 5.29. The van der Waals surface area contributed by atoms with Crippen LogP contribution in [0.4, 0.5) is 0 Å². The molecule has 0 bridgehead atoms. The van der Waals surface area contributed by atoms with E-state index in [-0.39, 0.29) is 23.7 Å². The molecule has 4 nitrogen and oxygen atoms in total. The number of aliphatic hydroxyl groups is 1. The van der Waals surface area contributed by atoms with Gasteiger partial charge in [-0.25, -0.2) is 0 Å². The minimum Gasteiger partial charge on any atom is -0.508 e. The van der Waals surface area contributed by atoms with E-state index in [9.17, 15) is 15.0 Å². The van der Waals surface area contributed by atoms with Gasteiger partial charge in [0.25, 0.3) is 0 Å². The van der Waals surface area contributed by atoms with Crippen LogP contribution in [0.2, 0.25) is 0 Å². The van der Waals surface area contributed by atoms with E-state index < -0.39 is 0 Å². The lowest BCUT2D eigenvalue weighted by atomic mass is 9.88. The number of carbonyl (C=O) groups excluding carboxylic acids is 1. The van der Waals surface area contributed by atoms with Crippen LogP contribution in [0, 0.1) is 5.92 Å². The van der Waals surface area contributed by atoms with E-state index in [1.165, 1.54) is 0 Å². The summed E-state index contributed by atoms with van der Waals surface area (Å²) in [6, 6.07) is 17.1. The SMILES string of the molecule is O=C(CCc1ccc(O)cc1)N1CCC([C@H](O)Cc2ccccc2)CC1. The van der Waals surface area contributed by atoms with Crippen LogP contribution in [-0.2, 0) is 17.6 Å². The molecule has 0 aliphatic carbocycles. The lowest BCUT2D eigenvalue weighted by Gasteiger charge is -2.34. The molecule has 1 aliphatic heterocycles. The van der Waals surface area contributed by atoms with E-state index in [0.29, 0.717) is 19.3 Å². The molecule has 26 heavy (non-hydrogen) atoms. The number of nitrogens with zero attached hydrogens (tertiary/aromatic N) is 1. The highest BCUT2D eigenvalue weighted by Gasteiger charge is 2.27. The Morgan fingerprint density at radius 3 is 2.31 bits per heavy atom. The Kier molecular flexibility index (Phi) is 6.29. The largest absolute Gasteiger partial charge is 0.508 e. The summed E-state index contributed by atoms with van der Waals surface area (Å²) in [5.74, 6) is 0.682.